The minimum Gasteiger partial charge on any atom is -0.343 e. The van der Waals surface area contributed by atoms with Crippen LogP contribution in [0.3, 0.4) is 0 Å². The van der Waals surface area contributed by atoms with E-state index in [0.29, 0.717) is 17.2 Å². The third-order valence-corrected chi connectivity index (χ3v) is 5.34. The molecule has 0 aromatic heterocycles. The van der Waals surface area contributed by atoms with Crippen LogP contribution in [0.4, 0.5) is 23.7 Å². The van der Waals surface area contributed by atoms with Gasteiger partial charge in [0.05, 0.1) is 5.69 Å². The molecule has 3 N–H and O–H groups in total. The van der Waals surface area contributed by atoms with Gasteiger partial charge in [-0.05, 0) is 36.5 Å². The molecule has 0 radical (unpaired) electrons. The van der Waals surface area contributed by atoms with Gasteiger partial charge in [-0.3, -0.25) is 4.79 Å². The summed E-state index contributed by atoms with van der Waals surface area (Å²) in [4.78, 5) is 24.8. The summed E-state index contributed by atoms with van der Waals surface area (Å²) in [6.07, 6.45) is -0.497. The van der Waals surface area contributed by atoms with Crippen LogP contribution in [0.25, 0.3) is 11.1 Å². The van der Waals surface area contributed by atoms with Gasteiger partial charge in [-0.15, -0.1) is 0 Å². The fourth-order valence-corrected chi connectivity index (χ4v) is 3.85. The summed E-state index contributed by atoms with van der Waals surface area (Å²) in [5.41, 5.74) is 1.87. The van der Waals surface area contributed by atoms with E-state index in [1.165, 1.54) is 12.1 Å². The van der Waals surface area contributed by atoms with Gasteiger partial charge in [-0.25, -0.2) is 4.79 Å². The van der Waals surface area contributed by atoms with Crippen molar-refractivity contribution in [1.29, 1.82) is 0 Å². The van der Waals surface area contributed by atoms with E-state index in [9.17, 15) is 22.8 Å². The first-order valence-corrected chi connectivity index (χ1v) is 10.3. The van der Waals surface area contributed by atoms with Crippen LogP contribution in [0.5, 0.6) is 0 Å². The molecule has 1 aliphatic carbocycles. The van der Waals surface area contributed by atoms with Gasteiger partial charge in [0.15, 0.2) is 0 Å². The maximum atomic E-state index is 12.6. The molecule has 1 aliphatic rings. The van der Waals surface area contributed by atoms with Crippen molar-refractivity contribution >= 4 is 17.6 Å². The summed E-state index contributed by atoms with van der Waals surface area (Å²) in [6, 6.07) is 13.4. The standard InChI is InChI=1S/C23H26F3N3O2/c1-15-6-5-9-18(12-15)28-22(31)29-20-13-17(21(30)27-14-23(24,25)26)10-11-19(20)16-7-3-2-4-8-16/h2-4,7-8,10-11,13,15,18H,5-6,9,12,14H2,1H3,(H,27,30)(H2,28,29,31). The van der Waals surface area contributed by atoms with Crippen LogP contribution in [0, 0.1) is 5.92 Å². The first-order valence-electron chi connectivity index (χ1n) is 10.3. The molecule has 0 bridgehead atoms. The van der Waals surface area contributed by atoms with Gasteiger partial charge in [-0.1, -0.05) is 56.2 Å². The Morgan fingerprint density at radius 3 is 2.48 bits per heavy atom. The van der Waals surface area contributed by atoms with Gasteiger partial charge in [0.25, 0.3) is 5.91 Å². The molecule has 2 aromatic rings. The second-order valence-electron chi connectivity index (χ2n) is 7.99. The Bertz CT molecular complexity index is 916. The van der Waals surface area contributed by atoms with Gasteiger partial charge in [0, 0.05) is 17.2 Å². The third-order valence-electron chi connectivity index (χ3n) is 5.34. The van der Waals surface area contributed by atoms with Crippen LogP contribution < -0.4 is 16.0 Å². The molecule has 166 valence electrons. The third kappa shape index (κ3) is 6.73. The van der Waals surface area contributed by atoms with E-state index in [-0.39, 0.29) is 11.6 Å². The molecule has 1 fully saturated rings. The fourth-order valence-electron chi connectivity index (χ4n) is 3.85. The number of halogens is 3. The highest BCUT2D eigenvalue weighted by atomic mass is 19.4. The Morgan fingerprint density at radius 1 is 1.06 bits per heavy atom. The lowest BCUT2D eigenvalue weighted by atomic mass is 9.87. The van der Waals surface area contributed by atoms with E-state index >= 15 is 0 Å². The van der Waals surface area contributed by atoms with Crippen molar-refractivity contribution in [3.05, 3.63) is 54.1 Å². The molecule has 31 heavy (non-hydrogen) atoms. The molecule has 2 aromatic carbocycles. The summed E-state index contributed by atoms with van der Waals surface area (Å²) < 4.78 is 37.3. The van der Waals surface area contributed by atoms with Crippen molar-refractivity contribution in [1.82, 2.24) is 10.6 Å². The van der Waals surface area contributed by atoms with E-state index < -0.39 is 24.7 Å². The summed E-state index contributed by atoms with van der Waals surface area (Å²) in [7, 11) is 0. The van der Waals surface area contributed by atoms with E-state index in [1.807, 2.05) is 35.6 Å². The lowest BCUT2D eigenvalue weighted by molar-refractivity contribution is -0.123. The predicted molar refractivity (Wildman–Crippen MR) is 114 cm³/mol. The highest BCUT2D eigenvalue weighted by Crippen LogP contribution is 2.30. The van der Waals surface area contributed by atoms with Gasteiger partial charge in [-0.2, -0.15) is 13.2 Å². The SMILES string of the molecule is CC1CCCC(NC(=O)Nc2cc(C(=O)NCC(F)(F)F)ccc2-c2ccccc2)C1. The molecular weight excluding hydrogens is 407 g/mol. The molecule has 2 atom stereocenters. The number of rotatable bonds is 5. The Hall–Kier alpha value is -3.03. The van der Waals surface area contributed by atoms with Crippen LogP contribution in [0.2, 0.25) is 0 Å². The summed E-state index contributed by atoms with van der Waals surface area (Å²) >= 11 is 0. The second kappa shape index (κ2) is 9.85. The molecule has 0 spiro atoms. The molecule has 3 rings (SSSR count). The van der Waals surface area contributed by atoms with Gasteiger partial charge in [0.1, 0.15) is 6.54 Å². The van der Waals surface area contributed by atoms with Gasteiger partial charge in [0.2, 0.25) is 0 Å². The number of anilines is 1. The van der Waals surface area contributed by atoms with Crippen molar-refractivity contribution in [2.24, 2.45) is 5.92 Å². The molecule has 0 saturated heterocycles. The number of hydrogen-bond acceptors (Lipinski definition) is 2. The van der Waals surface area contributed by atoms with E-state index in [2.05, 4.69) is 17.6 Å². The summed E-state index contributed by atoms with van der Waals surface area (Å²) in [6.45, 7) is 0.734. The van der Waals surface area contributed by atoms with E-state index in [4.69, 9.17) is 0 Å². The van der Waals surface area contributed by atoms with Gasteiger partial charge >= 0.3 is 12.2 Å². The maximum Gasteiger partial charge on any atom is 0.405 e. The van der Waals surface area contributed by atoms with Crippen LogP contribution >= 0.6 is 0 Å². The Balaban J connectivity index is 1.80. The number of carbonyl (C=O) groups excluding carboxylic acids is 2. The lowest BCUT2D eigenvalue weighted by Crippen LogP contribution is -2.40. The molecule has 5 nitrogen and oxygen atoms in total. The zero-order valence-electron chi connectivity index (χ0n) is 17.3. The predicted octanol–water partition coefficient (Wildman–Crippen LogP) is 5.35. The topological polar surface area (TPSA) is 70.2 Å². The number of urea groups is 1. The van der Waals surface area contributed by atoms with Crippen LogP contribution in [-0.4, -0.2) is 30.7 Å². The van der Waals surface area contributed by atoms with Crippen molar-refractivity contribution in [3.63, 3.8) is 0 Å². The first-order chi connectivity index (χ1) is 14.7. The number of benzene rings is 2. The van der Waals surface area contributed by atoms with Crippen molar-refractivity contribution in [3.8, 4) is 11.1 Å². The number of nitrogens with one attached hydrogen (secondary N) is 3. The summed E-state index contributed by atoms with van der Waals surface area (Å²) in [5.74, 6) is -0.318. The van der Waals surface area contributed by atoms with E-state index in [1.54, 1.807) is 6.07 Å². The molecule has 2 unspecified atom stereocenters. The normalized spacial score (nSPS) is 18.8. The van der Waals surface area contributed by atoms with Crippen molar-refractivity contribution < 1.29 is 22.8 Å². The number of alkyl halides is 3. The zero-order chi connectivity index (χ0) is 22.4. The lowest BCUT2D eigenvalue weighted by Gasteiger charge is -2.27. The highest BCUT2D eigenvalue weighted by Gasteiger charge is 2.28. The monoisotopic (exact) mass is 433 g/mol. The quantitative estimate of drug-likeness (QED) is 0.595. The molecule has 3 amide bonds. The van der Waals surface area contributed by atoms with Crippen molar-refractivity contribution in [2.75, 3.05) is 11.9 Å². The Labute approximate surface area is 179 Å². The minimum atomic E-state index is -4.50. The fraction of sp³-hybridized carbons (Fsp3) is 0.391. The largest absolute Gasteiger partial charge is 0.405 e. The second-order valence-corrected chi connectivity index (χ2v) is 7.99. The van der Waals surface area contributed by atoms with Crippen LogP contribution in [-0.2, 0) is 0 Å². The Kier molecular flexibility index (Phi) is 7.20. The van der Waals surface area contributed by atoms with E-state index in [0.717, 1.165) is 31.2 Å². The smallest absolute Gasteiger partial charge is 0.343 e. The number of hydrogen-bond donors (Lipinski definition) is 3. The molecule has 1 saturated carbocycles. The van der Waals surface area contributed by atoms with Crippen LogP contribution in [0.15, 0.2) is 48.5 Å². The van der Waals surface area contributed by atoms with Crippen molar-refractivity contribution in [2.45, 2.75) is 44.8 Å². The minimum absolute atomic E-state index is 0.0329. The van der Waals surface area contributed by atoms with Crippen LogP contribution in [0.1, 0.15) is 43.0 Å². The van der Waals surface area contributed by atoms with Gasteiger partial charge < -0.3 is 16.0 Å². The molecule has 0 heterocycles. The average Bonchev–Trinajstić information content (AvgIpc) is 2.72. The zero-order valence-corrected chi connectivity index (χ0v) is 17.3. The highest BCUT2D eigenvalue weighted by molar-refractivity contribution is 6.00. The molecular formula is C23H26F3N3O2. The number of carbonyl (C=O) groups is 2. The number of amides is 3. The Morgan fingerprint density at radius 2 is 1.81 bits per heavy atom. The molecule has 0 aliphatic heterocycles. The summed E-state index contributed by atoms with van der Waals surface area (Å²) in [5, 5.41) is 7.61. The molecule has 8 heteroatoms. The maximum absolute atomic E-state index is 12.6. The average molecular weight is 433 g/mol. The first kappa shape index (κ1) is 22.7.